The molecule has 0 radical (unpaired) electrons. The largest absolute Gasteiger partial charge is 0.465 e. The van der Waals surface area contributed by atoms with Crippen LogP contribution in [-0.2, 0) is 0 Å². The lowest BCUT2D eigenvalue weighted by Crippen LogP contribution is -2.45. The Morgan fingerprint density at radius 1 is 1.14 bits per heavy atom. The Balaban J connectivity index is 1.86. The number of ether oxygens (including phenoxy) is 1. The summed E-state index contributed by atoms with van der Waals surface area (Å²) >= 11 is 0. The molecule has 1 aromatic heterocycles. The van der Waals surface area contributed by atoms with Gasteiger partial charge in [0.1, 0.15) is 11.5 Å². The van der Waals surface area contributed by atoms with Crippen molar-refractivity contribution >= 4 is 11.8 Å². The van der Waals surface area contributed by atoms with E-state index in [1.165, 1.54) is 12.1 Å². The van der Waals surface area contributed by atoms with Gasteiger partial charge in [-0.25, -0.2) is 9.18 Å². The molecule has 0 unspecified atom stereocenters. The predicted octanol–water partition coefficient (Wildman–Crippen LogP) is 5.26. The van der Waals surface area contributed by atoms with E-state index in [9.17, 15) is 14.3 Å². The van der Waals surface area contributed by atoms with E-state index >= 15 is 0 Å². The Morgan fingerprint density at radius 3 is 2.43 bits per heavy atom. The average molecular weight is 385 g/mol. The fourth-order valence-electron chi connectivity index (χ4n) is 2.73. The molecule has 8 heteroatoms. The van der Waals surface area contributed by atoms with Crippen molar-refractivity contribution in [1.29, 1.82) is 0 Å². The van der Waals surface area contributed by atoms with Crippen LogP contribution in [0.3, 0.4) is 0 Å². The van der Waals surface area contributed by atoms with Gasteiger partial charge in [0, 0.05) is 24.1 Å². The summed E-state index contributed by atoms with van der Waals surface area (Å²) in [6.45, 7) is 6.76. The number of anilines is 1. The van der Waals surface area contributed by atoms with Gasteiger partial charge in [-0.2, -0.15) is 0 Å². The monoisotopic (exact) mass is 385 g/mol. The van der Waals surface area contributed by atoms with Crippen LogP contribution >= 0.6 is 0 Å². The summed E-state index contributed by atoms with van der Waals surface area (Å²) in [6, 6.07) is 11.0. The van der Waals surface area contributed by atoms with Gasteiger partial charge in [0.05, 0.1) is 5.69 Å². The fourth-order valence-corrected chi connectivity index (χ4v) is 2.73. The first kappa shape index (κ1) is 19.3. The summed E-state index contributed by atoms with van der Waals surface area (Å²) in [4.78, 5) is 12.5. The molecule has 7 nitrogen and oxygen atoms in total. The number of hydrogen-bond donors (Lipinski definition) is 1. The molecule has 0 atom stereocenters. The number of halogens is 1. The molecule has 0 fully saturated rings. The van der Waals surface area contributed by atoms with Crippen LogP contribution in [0.2, 0.25) is 0 Å². The molecule has 3 rings (SSSR count). The highest BCUT2D eigenvalue weighted by Gasteiger charge is 2.30. The quantitative estimate of drug-likeness (QED) is 0.659. The normalized spacial score (nSPS) is 11.3. The molecule has 28 heavy (non-hydrogen) atoms. The van der Waals surface area contributed by atoms with E-state index in [2.05, 4.69) is 10.2 Å². The van der Waals surface area contributed by atoms with Gasteiger partial charge in [-0.1, -0.05) is 6.07 Å². The van der Waals surface area contributed by atoms with Gasteiger partial charge >= 0.3 is 6.09 Å². The van der Waals surface area contributed by atoms with Crippen molar-refractivity contribution in [3.05, 3.63) is 54.2 Å². The average Bonchev–Trinajstić information content (AvgIpc) is 3.02. The summed E-state index contributed by atoms with van der Waals surface area (Å²) in [7, 11) is 0. The minimum atomic E-state index is -1.23. The number of hydrogen-bond acceptors (Lipinski definition) is 5. The molecule has 0 saturated carbocycles. The van der Waals surface area contributed by atoms with E-state index in [-0.39, 0.29) is 11.4 Å². The highest BCUT2D eigenvalue weighted by atomic mass is 19.1. The first-order valence-electron chi connectivity index (χ1n) is 8.56. The van der Waals surface area contributed by atoms with Crippen molar-refractivity contribution < 1.29 is 23.4 Å². The third kappa shape index (κ3) is 4.11. The van der Waals surface area contributed by atoms with Crippen LogP contribution < -0.4 is 9.64 Å². The maximum Gasteiger partial charge on any atom is 0.412 e. The zero-order valence-corrected chi connectivity index (χ0v) is 15.9. The van der Waals surface area contributed by atoms with E-state index in [4.69, 9.17) is 9.15 Å². The van der Waals surface area contributed by atoms with Gasteiger partial charge in [0.2, 0.25) is 11.8 Å². The summed E-state index contributed by atoms with van der Waals surface area (Å²) in [5.74, 6) is 0.789. The molecule has 0 spiro atoms. The molecular weight excluding hydrogens is 365 g/mol. The maximum absolute atomic E-state index is 14.6. The maximum atomic E-state index is 14.6. The van der Waals surface area contributed by atoms with Gasteiger partial charge in [-0.3, -0.25) is 4.90 Å². The van der Waals surface area contributed by atoms with Crippen LogP contribution in [0.1, 0.15) is 26.7 Å². The first-order valence-corrected chi connectivity index (χ1v) is 8.56. The summed E-state index contributed by atoms with van der Waals surface area (Å²) < 4.78 is 25.7. The molecule has 1 amide bonds. The van der Waals surface area contributed by atoms with Gasteiger partial charge in [0.15, 0.2) is 5.82 Å². The molecule has 1 heterocycles. The minimum absolute atomic E-state index is 0.0394. The van der Waals surface area contributed by atoms with E-state index in [0.29, 0.717) is 23.1 Å². The third-order valence-corrected chi connectivity index (χ3v) is 3.86. The lowest BCUT2D eigenvalue weighted by molar-refractivity contribution is 0.195. The summed E-state index contributed by atoms with van der Waals surface area (Å²) in [5, 5.41) is 17.2. The standard InChI is InChI=1S/C20H20FN3O4/c1-12-22-23-18(27-12)13-6-5-7-14(10-13)28-15-8-9-17(16(21)11-15)24(19(25)26)20(2,3)4/h5-11H,1-4H3,(H,25,26). The zero-order valence-electron chi connectivity index (χ0n) is 15.9. The molecule has 146 valence electrons. The number of benzene rings is 2. The SMILES string of the molecule is Cc1nnc(-c2cccc(Oc3ccc(N(C(=O)O)C(C)(C)C)c(F)c3)c2)o1. The molecule has 0 aliphatic carbocycles. The van der Waals surface area contributed by atoms with Crippen LogP contribution in [-0.4, -0.2) is 26.9 Å². The van der Waals surface area contributed by atoms with E-state index in [0.717, 1.165) is 11.0 Å². The van der Waals surface area contributed by atoms with Crippen LogP contribution in [0.25, 0.3) is 11.5 Å². The zero-order chi connectivity index (χ0) is 20.5. The van der Waals surface area contributed by atoms with Gasteiger partial charge in [0.25, 0.3) is 0 Å². The van der Waals surface area contributed by atoms with Crippen molar-refractivity contribution in [1.82, 2.24) is 10.2 Å². The first-order chi connectivity index (χ1) is 13.1. The van der Waals surface area contributed by atoms with Crippen LogP contribution in [0.4, 0.5) is 14.9 Å². The third-order valence-electron chi connectivity index (χ3n) is 3.86. The minimum Gasteiger partial charge on any atom is -0.465 e. The Labute approximate surface area is 161 Å². The molecule has 0 bridgehead atoms. The van der Waals surface area contributed by atoms with Crippen molar-refractivity contribution in [2.24, 2.45) is 0 Å². The fraction of sp³-hybridized carbons (Fsp3) is 0.250. The number of carbonyl (C=O) groups is 1. The van der Waals surface area contributed by atoms with Gasteiger partial charge < -0.3 is 14.3 Å². The second-order valence-electron chi connectivity index (χ2n) is 7.16. The number of nitrogens with zero attached hydrogens (tertiary/aromatic N) is 3. The Kier molecular flexibility index (Phi) is 5.04. The molecule has 2 aromatic carbocycles. The number of carboxylic acid groups (broad SMARTS) is 1. The molecular formula is C20H20FN3O4. The number of aryl methyl sites for hydroxylation is 1. The molecule has 0 saturated heterocycles. The van der Waals surface area contributed by atoms with Crippen LogP contribution in [0, 0.1) is 12.7 Å². The highest BCUT2D eigenvalue weighted by molar-refractivity contribution is 5.87. The van der Waals surface area contributed by atoms with E-state index < -0.39 is 17.4 Å². The van der Waals surface area contributed by atoms with Crippen LogP contribution in [0.5, 0.6) is 11.5 Å². The predicted molar refractivity (Wildman–Crippen MR) is 101 cm³/mol. The molecule has 3 aromatic rings. The summed E-state index contributed by atoms with van der Waals surface area (Å²) in [5.41, 5.74) is -0.173. The van der Waals surface area contributed by atoms with Crippen molar-refractivity contribution in [2.75, 3.05) is 4.90 Å². The van der Waals surface area contributed by atoms with Crippen molar-refractivity contribution in [2.45, 2.75) is 33.2 Å². The number of amides is 1. The van der Waals surface area contributed by atoms with E-state index in [1.54, 1.807) is 52.0 Å². The Morgan fingerprint density at radius 2 is 1.86 bits per heavy atom. The smallest absolute Gasteiger partial charge is 0.412 e. The van der Waals surface area contributed by atoms with E-state index in [1.807, 2.05) is 0 Å². The van der Waals surface area contributed by atoms with Gasteiger partial charge in [-0.15, -0.1) is 10.2 Å². The Hall–Kier alpha value is -3.42. The number of aromatic nitrogens is 2. The van der Waals surface area contributed by atoms with Crippen molar-refractivity contribution in [3.63, 3.8) is 0 Å². The van der Waals surface area contributed by atoms with Crippen LogP contribution in [0.15, 0.2) is 46.9 Å². The molecule has 0 aliphatic heterocycles. The molecule has 1 N–H and O–H groups in total. The lowest BCUT2D eigenvalue weighted by Gasteiger charge is -2.33. The second kappa shape index (κ2) is 7.30. The number of rotatable bonds is 4. The lowest BCUT2D eigenvalue weighted by atomic mass is 10.1. The van der Waals surface area contributed by atoms with Crippen molar-refractivity contribution in [3.8, 4) is 23.0 Å². The molecule has 0 aliphatic rings. The topological polar surface area (TPSA) is 88.7 Å². The Bertz CT molecular complexity index is 1010. The second-order valence-corrected chi connectivity index (χ2v) is 7.16. The van der Waals surface area contributed by atoms with Gasteiger partial charge in [-0.05, 0) is 51.1 Å². The summed E-state index contributed by atoms with van der Waals surface area (Å²) in [6.07, 6.45) is -1.23. The highest BCUT2D eigenvalue weighted by Crippen LogP contribution is 2.32.